The van der Waals surface area contributed by atoms with Gasteiger partial charge in [0.2, 0.25) is 5.76 Å². The number of nitrogens with one attached hydrogen (secondary N) is 1. The molecule has 0 aliphatic heterocycles. The number of hydrogen-bond donors (Lipinski definition) is 1. The average molecular weight is 403 g/mol. The van der Waals surface area contributed by atoms with Crippen LogP contribution in [0.15, 0.2) is 21.0 Å². The van der Waals surface area contributed by atoms with E-state index in [-0.39, 0.29) is 35.9 Å². The molecule has 0 radical (unpaired) electrons. The Balaban J connectivity index is 2.00. The molecule has 3 aromatic rings. The highest BCUT2D eigenvalue weighted by atomic mass is 16.6. The van der Waals surface area contributed by atoms with E-state index in [0.29, 0.717) is 23.5 Å². The molecule has 0 aliphatic rings. The number of aromatic nitrogens is 2. The molecule has 0 saturated carbocycles. The highest BCUT2D eigenvalue weighted by Gasteiger charge is 2.26. The minimum absolute atomic E-state index is 0.0363. The van der Waals surface area contributed by atoms with Gasteiger partial charge in [-0.25, -0.2) is 9.59 Å². The van der Waals surface area contributed by atoms with Crippen LogP contribution in [-0.4, -0.2) is 41.0 Å². The molecule has 10 heteroatoms. The number of anilines is 1. The molecule has 0 bridgehead atoms. The van der Waals surface area contributed by atoms with Crippen molar-refractivity contribution < 1.29 is 32.7 Å². The fourth-order valence-electron chi connectivity index (χ4n) is 2.71. The molecule has 10 nitrogen and oxygen atoms in total. The number of ether oxygens (including phenoxy) is 2. The summed E-state index contributed by atoms with van der Waals surface area (Å²) in [7, 11) is 0. The third kappa shape index (κ3) is 4.00. The van der Waals surface area contributed by atoms with Crippen molar-refractivity contribution in [2.24, 2.45) is 0 Å². The van der Waals surface area contributed by atoms with E-state index in [1.165, 1.54) is 6.07 Å². The fourth-order valence-corrected chi connectivity index (χ4v) is 2.71. The maximum absolute atomic E-state index is 12.6. The van der Waals surface area contributed by atoms with Crippen LogP contribution in [0.5, 0.6) is 0 Å². The minimum Gasteiger partial charge on any atom is -0.466 e. The number of furan rings is 2. The zero-order valence-electron chi connectivity index (χ0n) is 16.5. The largest absolute Gasteiger partial charge is 0.466 e. The molecular weight excluding hydrogens is 382 g/mol. The Morgan fingerprint density at radius 1 is 1.14 bits per heavy atom. The van der Waals surface area contributed by atoms with Crippen LogP contribution < -0.4 is 5.32 Å². The number of carbonyl (C=O) groups is 3. The number of rotatable bonds is 6. The first-order valence-corrected chi connectivity index (χ1v) is 9.10. The quantitative estimate of drug-likeness (QED) is 0.618. The Morgan fingerprint density at radius 3 is 2.52 bits per heavy atom. The predicted molar refractivity (Wildman–Crippen MR) is 101 cm³/mol. The van der Waals surface area contributed by atoms with Gasteiger partial charge in [-0.3, -0.25) is 4.79 Å². The smallest absolute Gasteiger partial charge is 0.435 e. The van der Waals surface area contributed by atoms with Crippen molar-refractivity contribution in [2.75, 3.05) is 18.5 Å². The van der Waals surface area contributed by atoms with Crippen molar-refractivity contribution in [1.29, 1.82) is 0 Å². The van der Waals surface area contributed by atoms with Gasteiger partial charge in [0.05, 0.1) is 18.8 Å². The van der Waals surface area contributed by atoms with Gasteiger partial charge in [-0.2, -0.15) is 4.68 Å². The van der Waals surface area contributed by atoms with E-state index in [0.717, 1.165) is 4.68 Å². The molecule has 0 unspecified atom stereocenters. The van der Waals surface area contributed by atoms with Crippen LogP contribution in [-0.2, 0) is 9.47 Å². The molecule has 1 amide bonds. The van der Waals surface area contributed by atoms with Gasteiger partial charge in [0, 0.05) is 6.07 Å². The van der Waals surface area contributed by atoms with E-state index in [1.54, 1.807) is 26.8 Å². The van der Waals surface area contributed by atoms with Gasteiger partial charge in [0.25, 0.3) is 5.91 Å². The summed E-state index contributed by atoms with van der Waals surface area (Å²) in [4.78, 5) is 37.0. The van der Waals surface area contributed by atoms with Crippen molar-refractivity contribution in [3.8, 4) is 0 Å². The minimum atomic E-state index is -0.775. The monoisotopic (exact) mass is 403 g/mol. The van der Waals surface area contributed by atoms with Gasteiger partial charge in [-0.15, -0.1) is 5.10 Å². The lowest BCUT2D eigenvalue weighted by molar-refractivity contribution is 0.0471. The molecule has 0 aliphatic carbocycles. The van der Waals surface area contributed by atoms with Crippen LogP contribution in [0, 0.1) is 13.8 Å². The molecule has 3 aromatic heterocycles. The molecular formula is C19H21N3O7. The summed E-state index contributed by atoms with van der Waals surface area (Å²) in [6.07, 6.45) is -0.129. The van der Waals surface area contributed by atoms with Gasteiger partial charge in [-0.05, 0) is 33.3 Å². The molecule has 29 heavy (non-hydrogen) atoms. The Labute approximate surface area is 165 Å². The second-order valence-corrected chi connectivity index (χ2v) is 6.20. The second kappa shape index (κ2) is 8.21. The van der Waals surface area contributed by atoms with Crippen LogP contribution in [0.1, 0.15) is 52.7 Å². The van der Waals surface area contributed by atoms with E-state index in [2.05, 4.69) is 10.4 Å². The van der Waals surface area contributed by atoms with E-state index >= 15 is 0 Å². The zero-order chi connectivity index (χ0) is 21.1. The summed E-state index contributed by atoms with van der Waals surface area (Å²) in [5.74, 6) is -0.322. The Morgan fingerprint density at radius 2 is 1.90 bits per heavy atom. The Kier molecular flexibility index (Phi) is 5.71. The number of carbonyl (C=O) groups excluding carboxylic acids is 3. The van der Waals surface area contributed by atoms with Crippen molar-refractivity contribution >= 4 is 34.9 Å². The van der Waals surface area contributed by atoms with Crippen LogP contribution >= 0.6 is 0 Å². The van der Waals surface area contributed by atoms with Crippen molar-refractivity contribution in [3.63, 3.8) is 0 Å². The van der Waals surface area contributed by atoms with Gasteiger partial charge in [0.15, 0.2) is 11.4 Å². The third-order valence-electron chi connectivity index (χ3n) is 3.95. The van der Waals surface area contributed by atoms with Gasteiger partial charge in [-0.1, -0.05) is 6.92 Å². The molecule has 0 spiro atoms. The maximum atomic E-state index is 12.6. The summed E-state index contributed by atoms with van der Waals surface area (Å²) in [5.41, 5.74) is 0.533. The van der Waals surface area contributed by atoms with Crippen LogP contribution in [0.3, 0.4) is 0 Å². The lowest BCUT2D eigenvalue weighted by Gasteiger charge is -2.02. The van der Waals surface area contributed by atoms with E-state index < -0.39 is 18.0 Å². The predicted octanol–water partition coefficient (Wildman–Crippen LogP) is 3.66. The highest BCUT2D eigenvalue weighted by Crippen LogP contribution is 2.28. The first-order valence-electron chi connectivity index (χ1n) is 9.10. The Hall–Kier alpha value is -3.56. The molecule has 154 valence electrons. The first kappa shape index (κ1) is 20.2. The number of fused-ring (bicyclic) bond motifs is 1. The standard InChI is InChI=1S/C19H21N3O7/c1-5-7-27-18(24)14-9-13-15(29-14)16(21-22(13)19(25)26-6-2)20-17(23)12-8-10(3)28-11(12)4/h8-9H,5-7H2,1-4H3,(H,20,21,23). The zero-order valence-corrected chi connectivity index (χ0v) is 16.5. The van der Waals surface area contributed by atoms with E-state index in [4.69, 9.17) is 18.3 Å². The molecule has 0 saturated heterocycles. The normalized spacial score (nSPS) is 10.9. The number of esters is 1. The van der Waals surface area contributed by atoms with Crippen LogP contribution in [0.2, 0.25) is 0 Å². The SMILES string of the molecule is CCCOC(=O)c1cc2c(o1)c(NC(=O)c1cc(C)oc1C)nn2C(=O)OCC. The van der Waals surface area contributed by atoms with Gasteiger partial charge in [0.1, 0.15) is 17.0 Å². The highest BCUT2D eigenvalue weighted by molar-refractivity contribution is 6.08. The van der Waals surface area contributed by atoms with Gasteiger partial charge < -0.3 is 23.6 Å². The summed E-state index contributed by atoms with van der Waals surface area (Å²) >= 11 is 0. The van der Waals surface area contributed by atoms with Crippen molar-refractivity contribution in [3.05, 3.63) is 35.0 Å². The van der Waals surface area contributed by atoms with E-state index in [9.17, 15) is 14.4 Å². The topological polar surface area (TPSA) is 126 Å². The molecule has 3 heterocycles. The lowest BCUT2D eigenvalue weighted by Crippen LogP contribution is -2.17. The summed E-state index contributed by atoms with van der Waals surface area (Å²) in [6, 6.07) is 2.90. The third-order valence-corrected chi connectivity index (χ3v) is 3.95. The summed E-state index contributed by atoms with van der Waals surface area (Å²) < 4.78 is 21.8. The van der Waals surface area contributed by atoms with Gasteiger partial charge >= 0.3 is 12.1 Å². The molecule has 1 N–H and O–H groups in total. The van der Waals surface area contributed by atoms with Crippen LogP contribution in [0.4, 0.5) is 10.6 Å². The second-order valence-electron chi connectivity index (χ2n) is 6.20. The maximum Gasteiger partial charge on any atom is 0.435 e. The summed E-state index contributed by atoms with van der Waals surface area (Å²) in [6.45, 7) is 7.23. The molecule has 0 aromatic carbocycles. The summed E-state index contributed by atoms with van der Waals surface area (Å²) in [5, 5.41) is 6.65. The average Bonchev–Trinajstić information content (AvgIpc) is 3.34. The van der Waals surface area contributed by atoms with Crippen molar-refractivity contribution in [2.45, 2.75) is 34.1 Å². The Bertz CT molecular complexity index is 1070. The number of nitrogens with zero attached hydrogens (tertiary/aromatic N) is 2. The number of hydrogen-bond acceptors (Lipinski definition) is 8. The van der Waals surface area contributed by atoms with E-state index in [1.807, 2.05) is 6.92 Å². The van der Waals surface area contributed by atoms with Crippen LogP contribution in [0.25, 0.3) is 11.1 Å². The number of aryl methyl sites for hydroxylation is 2. The number of amides is 1. The molecule has 0 fully saturated rings. The first-order chi connectivity index (χ1) is 13.8. The van der Waals surface area contributed by atoms with Crippen molar-refractivity contribution in [1.82, 2.24) is 9.78 Å². The fraction of sp³-hybridized carbons (Fsp3) is 0.368. The molecule has 3 rings (SSSR count). The molecule has 0 atom stereocenters. The lowest BCUT2D eigenvalue weighted by atomic mass is 10.2.